The van der Waals surface area contributed by atoms with Crippen LogP contribution in [-0.4, -0.2) is 11.5 Å². The number of benzene rings is 3. The number of aliphatic imine (C=N–C) groups is 1. The molecule has 2 N–H and O–H groups in total. The summed E-state index contributed by atoms with van der Waals surface area (Å²) in [4.78, 5) is 5.36. The average Bonchev–Trinajstić information content (AvgIpc) is 3.50. The summed E-state index contributed by atoms with van der Waals surface area (Å²) in [5.41, 5.74) is 9.34. The van der Waals surface area contributed by atoms with E-state index in [9.17, 15) is 0 Å². The number of nitrogens with zero attached hydrogens (tertiary/aromatic N) is 2. The number of hydrogen-bond acceptors (Lipinski definition) is 4. The van der Waals surface area contributed by atoms with Crippen molar-refractivity contribution in [1.82, 2.24) is 0 Å². The molecule has 0 radical (unpaired) electrons. The molecule has 3 aliphatic carbocycles. The maximum atomic E-state index is 6.36. The van der Waals surface area contributed by atoms with Gasteiger partial charge in [-0.3, -0.25) is 0 Å². The second kappa shape index (κ2) is 12.3. The number of amidine groups is 1. The van der Waals surface area contributed by atoms with Crippen LogP contribution >= 0.6 is 0 Å². The van der Waals surface area contributed by atoms with Crippen LogP contribution in [0.25, 0.3) is 22.4 Å². The van der Waals surface area contributed by atoms with Gasteiger partial charge in [0.25, 0.3) is 0 Å². The third kappa shape index (κ3) is 5.24. The molecule has 4 aliphatic rings. The number of rotatable bonds is 4. The SMILES string of the molecule is C=C1/C=C\C=C/OC2=C1C(/C(=N/C(=N\N)c1cccc(C3=CCCc4oc5c(c43)C=CCC5)c1)c1cccc3ccccc13)CC=C2. The van der Waals surface area contributed by atoms with Crippen LogP contribution in [0.15, 0.2) is 154 Å². The lowest BCUT2D eigenvalue weighted by Gasteiger charge is -2.28. The van der Waals surface area contributed by atoms with Gasteiger partial charge in [0.15, 0.2) is 5.84 Å². The number of hydrazone groups is 1. The normalized spacial score (nSPS) is 20.5. The van der Waals surface area contributed by atoms with E-state index in [0.29, 0.717) is 5.84 Å². The first-order chi connectivity index (χ1) is 23.2. The Morgan fingerprint density at radius 3 is 2.68 bits per heavy atom. The number of aryl methyl sites for hydroxylation is 2. The average molecular weight is 614 g/mol. The van der Waals surface area contributed by atoms with Crippen LogP contribution in [0.5, 0.6) is 0 Å². The molecule has 0 amide bonds. The molecular weight excluding hydrogens is 578 g/mol. The fraction of sp³-hybridized carbons (Fsp3) is 0.143. The number of ether oxygens (including phenoxy) is 1. The molecule has 8 rings (SSSR count). The highest BCUT2D eigenvalue weighted by Gasteiger charge is 2.30. The van der Waals surface area contributed by atoms with Gasteiger partial charge < -0.3 is 15.0 Å². The minimum atomic E-state index is -0.141. The van der Waals surface area contributed by atoms with E-state index < -0.39 is 0 Å². The van der Waals surface area contributed by atoms with Gasteiger partial charge in [-0.15, -0.1) is 0 Å². The molecule has 0 saturated carbocycles. The van der Waals surface area contributed by atoms with Gasteiger partial charge in [0.2, 0.25) is 0 Å². The monoisotopic (exact) mass is 613 g/mol. The Bertz CT molecular complexity index is 2170. The molecule has 5 nitrogen and oxygen atoms in total. The lowest BCUT2D eigenvalue weighted by atomic mass is 9.79. The lowest BCUT2D eigenvalue weighted by molar-refractivity contribution is 0.356. The van der Waals surface area contributed by atoms with Crippen molar-refractivity contribution >= 4 is 34.0 Å². The first-order valence-electron chi connectivity index (χ1n) is 16.3. The highest BCUT2D eigenvalue weighted by atomic mass is 16.5. The summed E-state index contributed by atoms with van der Waals surface area (Å²) in [6, 6.07) is 23.2. The van der Waals surface area contributed by atoms with Gasteiger partial charge in [-0.25, -0.2) is 4.99 Å². The van der Waals surface area contributed by atoms with Crippen molar-refractivity contribution in [1.29, 1.82) is 0 Å². The predicted molar refractivity (Wildman–Crippen MR) is 192 cm³/mol. The molecule has 5 heteroatoms. The zero-order valence-electron chi connectivity index (χ0n) is 26.2. The summed E-state index contributed by atoms with van der Waals surface area (Å²) < 4.78 is 12.5. The Hall–Kier alpha value is -5.68. The first kappa shape index (κ1) is 28.8. The molecule has 1 atom stereocenters. The molecule has 0 fully saturated rings. The van der Waals surface area contributed by atoms with Gasteiger partial charge in [-0.05, 0) is 65.0 Å². The van der Waals surface area contributed by atoms with Crippen molar-refractivity contribution < 1.29 is 9.15 Å². The third-order valence-electron chi connectivity index (χ3n) is 9.37. The first-order valence-corrected chi connectivity index (χ1v) is 16.3. The van der Waals surface area contributed by atoms with E-state index in [0.717, 1.165) is 93.7 Å². The Balaban J connectivity index is 1.27. The molecular formula is C42H35N3O2. The van der Waals surface area contributed by atoms with E-state index >= 15 is 0 Å². The fourth-order valence-electron chi connectivity index (χ4n) is 7.23. The Morgan fingerprint density at radius 1 is 0.872 bits per heavy atom. The van der Waals surface area contributed by atoms with E-state index in [2.05, 4.69) is 96.6 Å². The molecule has 1 aromatic heterocycles. The third-order valence-corrected chi connectivity index (χ3v) is 9.37. The Labute approximate surface area is 274 Å². The van der Waals surface area contributed by atoms with Crippen LogP contribution in [0, 0.1) is 5.92 Å². The lowest BCUT2D eigenvalue weighted by Crippen LogP contribution is -2.24. The molecule has 4 aromatic rings. The van der Waals surface area contributed by atoms with Crippen molar-refractivity contribution in [2.75, 3.05) is 0 Å². The van der Waals surface area contributed by atoms with Crippen molar-refractivity contribution in [3.8, 4) is 0 Å². The number of allylic oxidation sites excluding steroid dienone is 9. The molecule has 2 heterocycles. The van der Waals surface area contributed by atoms with Crippen LogP contribution in [0.3, 0.4) is 0 Å². The van der Waals surface area contributed by atoms with Crippen molar-refractivity contribution in [3.05, 3.63) is 178 Å². The topological polar surface area (TPSA) is 73.1 Å². The molecule has 1 unspecified atom stereocenters. The number of hydrogen-bond donors (Lipinski definition) is 1. The van der Waals surface area contributed by atoms with E-state index in [1.54, 1.807) is 6.26 Å². The van der Waals surface area contributed by atoms with E-state index in [4.69, 9.17) is 20.0 Å². The van der Waals surface area contributed by atoms with E-state index in [1.807, 2.05) is 30.4 Å². The summed E-state index contributed by atoms with van der Waals surface area (Å²) in [5, 5.41) is 6.56. The summed E-state index contributed by atoms with van der Waals surface area (Å²) in [7, 11) is 0. The van der Waals surface area contributed by atoms with Crippen LogP contribution in [-0.2, 0) is 17.6 Å². The smallest absolute Gasteiger partial charge is 0.178 e. The maximum absolute atomic E-state index is 6.36. The number of nitrogens with two attached hydrogens (primary N) is 1. The van der Waals surface area contributed by atoms with Gasteiger partial charge in [-0.1, -0.05) is 104 Å². The van der Waals surface area contributed by atoms with Crippen molar-refractivity contribution in [2.45, 2.75) is 32.1 Å². The van der Waals surface area contributed by atoms with E-state index in [-0.39, 0.29) is 5.92 Å². The minimum Gasteiger partial charge on any atom is -0.465 e. The zero-order valence-corrected chi connectivity index (χ0v) is 26.2. The van der Waals surface area contributed by atoms with Crippen LogP contribution in [0.1, 0.15) is 58.6 Å². The van der Waals surface area contributed by atoms with Gasteiger partial charge in [0.1, 0.15) is 17.3 Å². The Morgan fingerprint density at radius 2 is 1.74 bits per heavy atom. The zero-order chi connectivity index (χ0) is 31.7. The highest BCUT2D eigenvalue weighted by molar-refractivity contribution is 6.19. The van der Waals surface area contributed by atoms with Crippen molar-refractivity contribution in [3.63, 3.8) is 0 Å². The molecule has 0 bridgehead atoms. The summed E-state index contributed by atoms with van der Waals surface area (Å²) >= 11 is 0. The Kier molecular flexibility index (Phi) is 7.50. The summed E-state index contributed by atoms with van der Waals surface area (Å²) in [6.45, 7) is 4.43. The quantitative estimate of drug-likeness (QED) is 0.108. The second-order valence-corrected chi connectivity index (χ2v) is 12.2. The van der Waals surface area contributed by atoms with Crippen LogP contribution < -0.4 is 5.84 Å². The molecule has 0 saturated heterocycles. The summed E-state index contributed by atoms with van der Waals surface area (Å²) in [6.07, 6.45) is 23.1. The minimum absolute atomic E-state index is 0.141. The van der Waals surface area contributed by atoms with Gasteiger partial charge in [0, 0.05) is 46.6 Å². The standard InChI is InChI=1S/C42H35N3O2/c1-27-12-6-7-25-46-37-23-11-21-35(39(27)37)41(33-20-9-14-28-13-2-3-17-31(28)33)44-42(45-43)30-16-8-15-29(26-30)32-19-10-24-38-40(32)34-18-4-5-22-36(34)47-38/h2-4,6-9,11-20,23,25-26,35H,1,5,10,21-22,24,43H2/b12-6-,25-7-,44-41+,45-42-. The fourth-order valence-corrected chi connectivity index (χ4v) is 7.23. The molecule has 230 valence electrons. The predicted octanol–water partition coefficient (Wildman–Crippen LogP) is 9.37. The number of fused-ring (bicyclic) bond motifs is 4. The molecule has 3 aromatic carbocycles. The number of furan rings is 1. The van der Waals surface area contributed by atoms with E-state index in [1.165, 1.54) is 16.7 Å². The highest BCUT2D eigenvalue weighted by Crippen LogP contribution is 2.41. The molecule has 47 heavy (non-hydrogen) atoms. The summed E-state index contributed by atoms with van der Waals surface area (Å²) in [5.74, 6) is 9.47. The van der Waals surface area contributed by atoms with Crippen LogP contribution in [0.4, 0.5) is 0 Å². The van der Waals surface area contributed by atoms with Gasteiger partial charge >= 0.3 is 0 Å². The van der Waals surface area contributed by atoms with Gasteiger partial charge in [0.05, 0.1) is 12.0 Å². The second-order valence-electron chi connectivity index (χ2n) is 12.2. The maximum Gasteiger partial charge on any atom is 0.178 e. The largest absolute Gasteiger partial charge is 0.465 e. The van der Waals surface area contributed by atoms with Crippen LogP contribution in [0.2, 0.25) is 0 Å². The molecule has 0 spiro atoms. The molecule has 1 aliphatic heterocycles. The van der Waals surface area contributed by atoms with Crippen molar-refractivity contribution in [2.24, 2.45) is 21.9 Å². The van der Waals surface area contributed by atoms with Gasteiger partial charge in [-0.2, -0.15) is 5.10 Å².